The molecular formula is C12H12FN3O2S. The highest BCUT2D eigenvalue weighted by Gasteiger charge is 2.19. The lowest BCUT2D eigenvalue weighted by molar-refractivity contribution is -0.0762. The van der Waals surface area contributed by atoms with E-state index in [4.69, 9.17) is 4.84 Å². The minimum absolute atomic E-state index is 0.279. The predicted molar refractivity (Wildman–Crippen MR) is 69.9 cm³/mol. The lowest BCUT2D eigenvalue weighted by Gasteiger charge is -2.15. The third kappa shape index (κ3) is 2.61. The van der Waals surface area contributed by atoms with Crippen molar-refractivity contribution in [1.29, 1.82) is 0 Å². The van der Waals surface area contributed by atoms with Gasteiger partial charge in [-0.25, -0.2) is 14.4 Å². The third-order valence-corrected chi connectivity index (χ3v) is 2.92. The van der Waals surface area contributed by atoms with Crippen LogP contribution in [-0.2, 0) is 4.84 Å². The van der Waals surface area contributed by atoms with Gasteiger partial charge in [0.25, 0.3) is 5.91 Å². The van der Waals surface area contributed by atoms with Crippen LogP contribution in [0.15, 0.2) is 35.6 Å². The van der Waals surface area contributed by atoms with Gasteiger partial charge in [-0.2, -0.15) is 0 Å². The molecular weight excluding hydrogens is 269 g/mol. The summed E-state index contributed by atoms with van der Waals surface area (Å²) in [6, 6.07) is 5.69. The van der Waals surface area contributed by atoms with Gasteiger partial charge in [-0.05, 0) is 24.3 Å². The Morgan fingerprint density at radius 3 is 2.63 bits per heavy atom. The van der Waals surface area contributed by atoms with Crippen molar-refractivity contribution in [1.82, 2.24) is 14.6 Å². The molecule has 0 saturated carbocycles. The van der Waals surface area contributed by atoms with Crippen molar-refractivity contribution >= 4 is 18.5 Å². The van der Waals surface area contributed by atoms with Crippen LogP contribution in [0.25, 0.3) is 5.69 Å². The smallest absolute Gasteiger partial charge is 0.283 e. The fraction of sp³-hybridized carbons (Fsp3) is 0.167. The van der Waals surface area contributed by atoms with Gasteiger partial charge in [-0.3, -0.25) is 14.2 Å². The first-order chi connectivity index (χ1) is 9.04. The van der Waals surface area contributed by atoms with Gasteiger partial charge in [0.15, 0.2) is 5.16 Å². The van der Waals surface area contributed by atoms with Crippen LogP contribution < -0.4 is 0 Å². The number of amides is 1. The average Bonchev–Trinajstić information content (AvgIpc) is 2.80. The Morgan fingerprint density at radius 2 is 2.05 bits per heavy atom. The molecule has 0 spiro atoms. The number of halogens is 1. The zero-order chi connectivity index (χ0) is 14.0. The molecule has 1 aromatic carbocycles. The molecule has 7 heteroatoms. The molecule has 2 rings (SSSR count). The maximum atomic E-state index is 12.9. The molecule has 0 aliphatic heterocycles. The van der Waals surface area contributed by atoms with Crippen LogP contribution in [0.1, 0.15) is 10.5 Å². The summed E-state index contributed by atoms with van der Waals surface area (Å²) in [6.07, 6.45) is 1.39. The number of hydrogen-bond acceptors (Lipinski definition) is 4. The van der Waals surface area contributed by atoms with Crippen LogP contribution in [0.3, 0.4) is 0 Å². The van der Waals surface area contributed by atoms with Crippen molar-refractivity contribution in [2.45, 2.75) is 5.16 Å². The molecule has 0 fully saturated rings. The van der Waals surface area contributed by atoms with Gasteiger partial charge < -0.3 is 0 Å². The van der Waals surface area contributed by atoms with E-state index < -0.39 is 0 Å². The van der Waals surface area contributed by atoms with Crippen molar-refractivity contribution in [3.05, 3.63) is 42.0 Å². The van der Waals surface area contributed by atoms with Crippen LogP contribution >= 0.6 is 12.6 Å². The van der Waals surface area contributed by atoms with Crippen molar-refractivity contribution in [2.24, 2.45) is 0 Å². The standard InChI is InChI=1S/C12H12FN3O2S/c1-15(18-2)11(17)10-7-14-12(19)16(10)9-5-3-8(13)4-6-9/h3-7H,1-2H3,(H,14,19). The number of carbonyl (C=O) groups excluding carboxylic acids is 1. The van der Waals surface area contributed by atoms with Crippen LogP contribution in [-0.4, -0.2) is 34.7 Å². The maximum Gasteiger partial charge on any atom is 0.295 e. The Morgan fingerprint density at radius 1 is 1.42 bits per heavy atom. The van der Waals surface area contributed by atoms with Crippen molar-refractivity contribution in [2.75, 3.05) is 14.2 Å². The van der Waals surface area contributed by atoms with E-state index in [9.17, 15) is 9.18 Å². The largest absolute Gasteiger partial charge is 0.295 e. The molecule has 1 amide bonds. The molecule has 1 aromatic heterocycles. The van der Waals surface area contributed by atoms with Gasteiger partial charge in [-0.1, -0.05) is 0 Å². The van der Waals surface area contributed by atoms with E-state index in [1.165, 1.54) is 37.1 Å². The van der Waals surface area contributed by atoms with Crippen LogP contribution in [0.2, 0.25) is 0 Å². The number of hydroxylamine groups is 2. The first-order valence-electron chi connectivity index (χ1n) is 5.39. The van der Waals surface area contributed by atoms with Gasteiger partial charge in [0.2, 0.25) is 0 Å². The molecule has 0 atom stereocenters. The Labute approximate surface area is 115 Å². The number of imidazole rings is 1. The maximum absolute atomic E-state index is 12.9. The molecule has 0 unspecified atom stereocenters. The lowest BCUT2D eigenvalue weighted by atomic mass is 10.3. The molecule has 0 aliphatic rings. The van der Waals surface area contributed by atoms with E-state index in [2.05, 4.69) is 17.6 Å². The zero-order valence-electron chi connectivity index (χ0n) is 10.4. The second-order valence-corrected chi connectivity index (χ2v) is 4.14. The van der Waals surface area contributed by atoms with Crippen LogP contribution in [0.5, 0.6) is 0 Å². The molecule has 0 aliphatic carbocycles. The van der Waals surface area contributed by atoms with E-state index in [1.54, 1.807) is 12.1 Å². The summed E-state index contributed by atoms with van der Waals surface area (Å²) >= 11 is 4.19. The Kier molecular flexibility index (Phi) is 3.87. The van der Waals surface area contributed by atoms with Crippen molar-refractivity contribution in [3.63, 3.8) is 0 Å². The monoisotopic (exact) mass is 281 g/mol. The Bertz CT molecular complexity index is 598. The molecule has 19 heavy (non-hydrogen) atoms. The number of benzene rings is 1. The van der Waals surface area contributed by atoms with Gasteiger partial charge >= 0.3 is 0 Å². The fourth-order valence-electron chi connectivity index (χ4n) is 1.58. The summed E-state index contributed by atoms with van der Waals surface area (Å²) in [5.41, 5.74) is 0.873. The van der Waals surface area contributed by atoms with E-state index in [0.29, 0.717) is 10.8 Å². The van der Waals surface area contributed by atoms with Crippen molar-refractivity contribution < 1.29 is 14.0 Å². The first-order valence-corrected chi connectivity index (χ1v) is 5.84. The molecule has 0 bridgehead atoms. The van der Waals surface area contributed by atoms with E-state index in [0.717, 1.165) is 5.06 Å². The molecule has 2 aromatic rings. The number of carbonyl (C=O) groups is 1. The Balaban J connectivity index is 2.49. The molecule has 100 valence electrons. The highest BCUT2D eigenvalue weighted by Crippen LogP contribution is 2.19. The Hall–Kier alpha value is -1.86. The van der Waals surface area contributed by atoms with Gasteiger partial charge in [0.05, 0.1) is 13.3 Å². The molecule has 0 saturated heterocycles. The lowest BCUT2D eigenvalue weighted by Crippen LogP contribution is -2.27. The number of thiol groups is 1. The highest BCUT2D eigenvalue weighted by atomic mass is 32.1. The number of aromatic nitrogens is 2. The first kappa shape index (κ1) is 13.6. The van der Waals surface area contributed by atoms with E-state index in [-0.39, 0.29) is 17.4 Å². The summed E-state index contributed by atoms with van der Waals surface area (Å²) in [7, 11) is 2.88. The molecule has 1 heterocycles. The third-order valence-electron chi connectivity index (χ3n) is 2.61. The van der Waals surface area contributed by atoms with Gasteiger partial charge in [0.1, 0.15) is 11.5 Å². The minimum Gasteiger partial charge on any atom is -0.283 e. The number of rotatable bonds is 3. The minimum atomic E-state index is -0.375. The number of nitrogens with zero attached hydrogens (tertiary/aromatic N) is 3. The summed E-state index contributed by atoms with van der Waals surface area (Å²) in [5, 5.41) is 1.41. The normalized spacial score (nSPS) is 10.5. The van der Waals surface area contributed by atoms with E-state index in [1.807, 2.05) is 0 Å². The summed E-state index contributed by atoms with van der Waals surface area (Å²) in [4.78, 5) is 20.9. The van der Waals surface area contributed by atoms with Crippen LogP contribution in [0, 0.1) is 5.82 Å². The van der Waals surface area contributed by atoms with Gasteiger partial charge in [0, 0.05) is 12.7 Å². The number of hydrogen-bond donors (Lipinski definition) is 1. The van der Waals surface area contributed by atoms with Crippen LogP contribution in [0.4, 0.5) is 4.39 Å². The highest BCUT2D eigenvalue weighted by molar-refractivity contribution is 7.80. The molecule has 0 N–H and O–H groups in total. The predicted octanol–water partition coefficient (Wildman–Crippen LogP) is 1.93. The van der Waals surface area contributed by atoms with E-state index >= 15 is 0 Å². The summed E-state index contributed by atoms with van der Waals surface area (Å²) in [6.45, 7) is 0. The molecule has 0 radical (unpaired) electrons. The summed E-state index contributed by atoms with van der Waals surface area (Å²) in [5.74, 6) is -0.730. The molecule has 5 nitrogen and oxygen atoms in total. The quantitative estimate of drug-likeness (QED) is 0.691. The van der Waals surface area contributed by atoms with Gasteiger partial charge in [-0.15, -0.1) is 12.6 Å². The zero-order valence-corrected chi connectivity index (χ0v) is 11.3. The second-order valence-electron chi connectivity index (χ2n) is 3.74. The fourth-order valence-corrected chi connectivity index (χ4v) is 1.86. The SMILES string of the molecule is CON(C)C(=O)c1cnc(S)n1-c1ccc(F)cc1. The van der Waals surface area contributed by atoms with Crippen molar-refractivity contribution in [3.8, 4) is 5.69 Å². The average molecular weight is 281 g/mol. The second kappa shape index (κ2) is 5.41. The summed E-state index contributed by atoms with van der Waals surface area (Å²) < 4.78 is 14.4. The topological polar surface area (TPSA) is 47.4 Å².